The van der Waals surface area contributed by atoms with Gasteiger partial charge in [0.1, 0.15) is 18.4 Å². The number of aliphatic hydroxyl groups excluding tert-OH is 1. The van der Waals surface area contributed by atoms with Crippen LogP contribution in [-0.4, -0.2) is 71.6 Å². The molecule has 4 atom stereocenters. The summed E-state index contributed by atoms with van der Waals surface area (Å²) in [5.41, 5.74) is 6.29. The number of carboxylic acid groups (broad SMARTS) is 1. The van der Waals surface area contributed by atoms with Gasteiger partial charge >= 0.3 is 5.97 Å². The Hall–Kier alpha value is -2.82. The van der Waals surface area contributed by atoms with Crippen molar-refractivity contribution in [3.05, 3.63) is 35.9 Å². The Bertz CT molecular complexity index is 746. The number of aldehydes is 1. The number of unbranched alkanes of at least 4 members (excludes halogenated alkanes) is 1. The summed E-state index contributed by atoms with van der Waals surface area (Å²) in [6, 6.07) is 6.08. The number of rotatable bonds is 17. The van der Waals surface area contributed by atoms with Crippen molar-refractivity contribution in [2.24, 2.45) is 5.73 Å². The number of carbonyl (C=O) groups is 4. The van der Waals surface area contributed by atoms with Crippen LogP contribution in [0.3, 0.4) is 0 Å². The third-order valence-corrected chi connectivity index (χ3v) is 5.15. The van der Waals surface area contributed by atoms with Crippen molar-refractivity contribution in [1.82, 2.24) is 16.0 Å². The lowest BCUT2D eigenvalue weighted by atomic mass is 10.0. The number of hydrogen-bond donors (Lipinski definition) is 6. The average molecular weight is 465 g/mol. The molecule has 2 amide bonds. The maximum atomic E-state index is 12.9. The number of aliphatic carboxylic acids is 1. The van der Waals surface area contributed by atoms with Crippen LogP contribution >= 0.6 is 0 Å². The standard InChI is InChI=1S/C23H36N4O6/c1-16(10-11-21(30)31)25-20(15-29)23(33)27-19(13-17-7-3-2-4-8-17)22(32)26-18(14-28)9-5-6-12-24/h2-4,7-8,14,16,18-20,25,29H,5-6,9-13,15,24H2,1H3,(H,26,32)(H,27,33)(H,30,31)/t16-,18+,19+,20-/m0/s1. The molecule has 33 heavy (non-hydrogen) atoms. The molecule has 10 heteroatoms. The van der Waals surface area contributed by atoms with E-state index in [1.165, 1.54) is 0 Å². The van der Waals surface area contributed by atoms with Crippen molar-refractivity contribution in [2.45, 2.75) is 69.6 Å². The Morgan fingerprint density at radius 3 is 2.27 bits per heavy atom. The zero-order valence-corrected chi connectivity index (χ0v) is 19.0. The molecule has 184 valence electrons. The molecule has 0 aliphatic rings. The van der Waals surface area contributed by atoms with Crippen LogP contribution in [0, 0.1) is 0 Å². The number of nitrogens with one attached hydrogen (secondary N) is 3. The molecule has 0 saturated carbocycles. The Morgan fingerprint density at radius 2 is 1.70 bits per heavy atom. The van der Waals surface area contributed by atoms with Gasteiger partial charge in [0.15, 0.2) is 0 Å². The molecule has 0 radical (unpaired) electrons. The third kappa shape index (κ3) is 11.6. The number of aliphatic hydroxyl groups is 1. The molecule has 1 aromatic carbocycles. The minimum Gasteiger partial charge on any atom is -0.481 e. The quantitative estimate of drug-likeness (QED) is 0.135. The second-order valence-electron chi connectivity index (χ2n) is 8.02. The van der Waals surface area contributed by atoms with E-state index in [4.69, 9.17) is 10.8 Å². The lowest BCUT2D eigenvalue weighted by Crippen LogP contribution is -2.57. The third-order valence-electron chi connectivity index (χ3n) is 5.15. The summed E-state index contributed by atoms with van der Waals surface area (Å²) in [6.45, 7) is 1.68. The Kier molecular flexibility index (Phi) is 13.6. The van der Waals surface area contributed by atoms with Crippen LogP contribution in [0.5, 0.6) is 0 Å². The largest absolute Gasteiger partial charge is 0.481 e. The van der Waals surface area contributed by atoms with Gasteiger partial charge in [-0.2, -0.15) is 0 Å². The second kappa shape index (κ2) is 15.9. The summed E-state index contributed by atoms with van der Waals surface area (Å²) in [5, 5.41) is 26.7. The number of hydrogen-bond acceptors (Lipinski definition) is 7. The molecule has 0 heterocycles. The van der Waals surface area contributed by atoms with Gasteiger partial charge in [-0.15, -0.1) is 0 Å². The first kappa shape index (κ1) is 28.2. The van der Waals surface area contributed by atoms with Gasteiger partial charge in [-0.1, -0.05) is 30.3 Å². The fraction of sp³-hybridized carbons (Fsp3) is 0.565. The van der Waals surface area contributed by atoms with E-state index in [0.29, 0.717) is 25.7 Å². The first-order valence-corrected chi connectivity index (χ1v) is 11.2. The smallest absolute Gasteiger partial charge is 0.303 e. The van der Waals surface area contributed by atoms with E-state index in [9.17, 15) is 24.3 Å². The van der Waals surface area contributed by atoms with E-state index in [0.717, 1.165) is 12.0 Å². The molecule has 1 aromatic rings. The number of carboxylic acids is 1. The fourth-order valence-corrected chi connectivity index (χ4v) is 3.28. The van der Waals surface area contributed by atoms with Gasteiger partial charge in [0, 0.05) is 18.9 Å². The molecule has 7 N–H and O–H groups in total. The van der Waals surface area contributed by atoms with Gasteiger partial charge in [0.2, 0.25) is 11.8 Å². The number of benzene rings is 1. The monoisotopic (exact) mass is 464 g/mol. The molecular formula is C23H36N4O6. The first-order valence-electron chi connectivity index (χ1n) is 11.2. The van der Waals surface area contributed by atoms with Crippen LogP contribution in [0.2, 0.25) is 0 Å². The summed E-state index contributed by atoms with van der Waals surface area (Å²) in [4.78, 5) is 47.9. The van der Waals surface area contributed by atoms with Crippen LogP contribution < -0.4 is 21.7 Å². The Labute approximate surface area is 194 Å². The van der Waals surface area contributed by atoms with Crippen molar-refractivity contribution in [2.75, 3.05) is 13.2 Å². The van der Waals surface area contributed by atoms with Crippen LogP contribution in [0.1, 0.15) is 44.6 Å². The van der Waals surface area contributed by atoms with E-state index in [2.05, 4.69) is 16.0 Å². The van der Waals surface area contributed by atoms with E-state index in [1.54, 1.807) is 6.92 Å². The number of carbonyl (C=O) groups excluding carboxylic acids is 3. The molecule has 0 unspecified atom stereocenters. The van der Waals surface area contributed by atoms with Gasteiger partial charge in [-0.3, -0.25) is 14.4 Å². The Balaban J connectivity index is 2.87. The fourth-order valence-electron chi connectivity index (χ4n) is 3.28. The van der Waals surface area contributed by atoms with Gasteiger partial charge in [0.25, 0.3) is 0 Å². The second-order valence-corrected chi connectivity index (χ2v) is 8.02. The number of amides is 2. The summed E-state index contributed by atoms with van der Waals surface area (Å²) < 4.78 is 0. The molecule has 0 saturated heterocycles. The molecule has 0 bridgehead atoms. The highest BCUT2D eigenvalue weighted by Crippen LogP contribution is 2.06. The van der Waals surface area contributed by atoms with Crippen molar-refractivity contribution in [3.63, 3.8) is 0 Å². The SMILES string of the molecule is C[C@@H](CCC(=O)O)N[C@@H](CO)C(=O)N[C@H](Cc1ccccc1)C(=O)N[C@@H](C=O)CCCCN. The van der Waals surface area contributed by atoms with E-state index in [-0.39, 0.29) is 25.3 Å². The molecular weight excluding hydrogens is 428 g/mol. The maximum absolute atomic E-state index is 12.9. The minimum atomic E-state index is -1.02. The maximum Gasteiger partial charge on any atom is 0.303 e. The van der Waals surface area contributed by atoms with Gasteiger partial charge < -0.3 is 36.7 Å². The molecule has 0 aliphatic heterocycles. The predicted molar refractivity (Wildman–Crippen MR) is 123 cm³/mol. The van der Waals surface area contributed by atoms with Crippen LogP contribution in [-0.2, 0) is 25.6 Å². The molecule has 0 spiro atoms. The zero-order chi connectivity index (χ0) is 24.6. The normalized spacial score (nSPS) is 14.5. The highest BCUT2D eigenvalue weighted by atomic mass is 16.4. The summed E-state index contributed by atoms with van der Waals surface area (Å²) in [7, 11) is 0. The summed E-state index contributed by atoms with van der Waals surface area (Å²) in [5.74, 6) is -2.06. The van der Waals surface area contributed by atoms with Crippen LogP contribution in [0.15, 0.2) is 30.3 Å². The van der Waals surface area contributed by atoms with Gasteiger partial charge in [0.05, 0.1) is 12.6 Å². The van der Waals surface area contributed by atoms with Crippen molar-refractivity contribution in [3.8, 4) is 0 Å². The summed E-state index contributed by atoms with van der Waals surface area (Å²) >= 11 is 0. The van der Waals surface area contributed by atoms with Crippen LogP contribution in [0.4, 0.5) is 0 Å². The Morgan fingerprint density at radius 1 is 1.03 bits per heavy atom. The van der Waals surface area contributed by atoms with Crippen molar-refractivity contribution in [1.29, 1.82) is 0 Å². The van der Waals surface area contributed by atoms with E-state index in [1.807, 2.05) is 30.3 Å². The van der Waals surface area contributed by atoms with E-state index < -0.39 is 42.5 Å². The molecule has 0 fully saturated rings. The number of nitrogens with two attached hydrogens (primary N) is 1. The predicted octanol–water partition coefficient (Wildman–Crippen LogP) is -0.270. The average Bonchev–Trinajstić information content (AvgIpc) is 2.80. The van der Waals surface area contributed by atoms with Gasteiger partial charge in [-0.25, -0.2) is 0 Å². The van der Waals surface area contributed by atoms with E-state index >= 15 is 0 Å². The first-order chi connectivity index (χ1) is 15.8. The van der Waals surface area contributed by atoms with Gasteiger partial charge in [-0.05, 0) is 44.7 Å². The highest BCUT2D eigenvalue weighted by molar-refractivity contribution is 5.91. The van der Waals surface area contributed by atoms with Crippen LogP contribution in [0.25, 0.3) is 0 Å². The molecule has 0 aromatic heterocycles. The lowest BCUT2D eigenvalue weighted by molar-refractivity contribution is -0.137. The molecule has 0 aliphatic carbocycles. The van der Waals surface area contributed by atoms with Crippen molar-refractivity contribution >= 4 is 24.1 Å². The zero-order valence-electron chi connectivity index (χ0n) is 19.0. The minimum absolute atomic E-state index is 0.0792. The summed E-state index contributed by atoms with van der Waals surface area (Å²) in [6.07, 6.45) is 2.91. The lowest BCUT2D eigenvalue weighted by Gasteiger charge is -2.25. The topological polar surface area (TPSA) is 171 Å². The molecule has 1 rings (SSSR count). The van der Waals surface area contributed by atoms with Crippen molar-refractivity contribution < 1.29 is 29.4 Å². The molecule has 10 nitrogen and oxygen atoms in total. The highest BCUT2D eigenvalue weighted by Gasteiger charge is 2.27.